The van der Waals surface area contributed by atoms with Crippen LogP contribution in [-0.2, 0) is 13.0 Å². The average Bonchev–Trinajstić information content (AvgIpc) is 3.08. The molecule has 0 amide bonds. The van der Waals surface area contributed by atoms with E-state index in [0.29, 0.717) is 4.77 Å². The lowest BCUT2D eigenvalue weighted by Crippen LogP contribution is -2.03. The number of H-pyrrole nitrogens is 1. The minimum absolute atomic E-state index is 0.655. The fraction of sp³-hybridized carbons (Fsp3) is 0.143. The maximum absolute atomic E-state index is 5.89. The van der Waals surface area contributed by atoms with E-state index in [1.807, 2.05) is 40.3 Å². The molecule has 0 bridgehead atoms. The number of benzene rings is 1. The molecular formula is C14H12ClN3S2. The van der Waals surface area contributed by atoms with E-state index in [4.69, 9.17) is 23.8 Å². The molecule has 0 aliphatic carbocycles. The zero-order chi connectivity index (χ0) is 13.9. The lowest BCUT2D eigenvalue weighted by molar-refractivity contribution is 0.692. The van der Waals surface area contributed by atoms with Crippen LogP contribution in [0.5, 0.6) is 0 Å². The zero-order valence-corrected chi connectivity index (χ0v) is 12.9. The minimum Gasteiger partial charge on any atom is -0.299 e. The highest BCUT2D eigenvalue weighted by molar-refractivity contribution is 7.71. The number of aromatic nitrogens is 3. The van der Waals surface area contributed by atoms with Gasteiger partial charge in [0, 0.05) is 11.6 Å². The number of aryl methyl sites for hydroxylation is 1. The third-order valence-corrected chi connectivity index (χ3v) is 4.47. The smallest absolute Gasteiger partial charge is 0.195 e. The van der Waals surface area contributed by atoms with E-state index in [1.54, 1.807) is 11.3 Å². The Balaban J connectivity index is 1.83. The summed E-state index contributed by atoms with van der Waals surface area (Å²) in [6, 6.07) is 12.0. The number of thiophene rings is 1. The van der Waals surface area contributed by atoms with Crippen LogP contribution in [0.1, 0.15) is 5.56 Å². The van der Waals surface area contributed by atoms with Gasteiger partial charge in [0.15, 0.2) is 10.6 Å². The fourth-order valence-corrected chi connectivity index (χ4v) is 3.08. The van der Waals surface area contributed by atoms with Gasteiger partial charge in [0.05, 0.1) is 4.88 Å². The van der Waals surface area contributed by atoms with E-state index >= 15 is 0 Å². The van der Waals surface area contributed by atoms with Crippen LogP contribution in [0, 0.1) is 4.77 Å². The third kappa shape index (κ3) is 2.85. The van der Waals surface area contributed by atoms with E-state index in [9.17, 15) is 0 Å². The maximum Gasteiger partial charge on any atom is 0.195 e. The molecule has 0 radical (unpaired) electrons. The summed E-state index contributed by atoms with van der Waals surface area (Å²) in [4.78, 5) is 1.12. The molecular weight excluding hydrogens is 310 g/mol. The molecule has 6 heteroatoms. The SMILES string of the molecule is S=c1[nH]nc(-c2cccs2)n1CCc1ccc(Cl)cc1. The first-order valence-electron chi connectivity index (χ1n) is 6.17. The molecule has 2 heterocycles. The van der Waals surface area contributed by atoms with Gasteiger partial charge in [-0.3, -0.25) is 9.67 Å². The van der Waals surface area contributed by atoms with Crippen molar-refractivity contribution in [2.75, 3.05) is 0 Å². The first kappa shape index (κ1) is 13.5. The molecule has 3 rings (SSSR count). The van der Waals surface area contributed by atoms with E-state index in [0.717, 1.165) is 28.7 Å². The molecule has 0 spiro atoms. The number of aromatic amines is 1. The van der Waals surface area contributed by atoms with Crippen LogP contribution < -0.4 is 0 Å². The Kier molecular flexibility index (Phi) is 4.00. The number of rotatable bonds is 4. The Morgan fingerprint density at radius 1 is 1.25 bits per heavy atom. The fourth-order valence-electron chi connectivity index (χ4n) is 2.01. The summed E-state index contributed by atoms with van der Waals surface area (Å²) < 4.78 is 2.69. The number of halogens is 1. The van der Waals surface area contributed by atoms with E-state index in [-0.39, 0.29) is 0 Å². The van der Waals surface area contributed by atoms with Crippen LogP contribution in [0.2, 0.25) is 5.02 Å². The Bertz CT molecular complexity index is 742. The molecule has 102 valence electrons. The molecule has 0 saturated carbocycles. The second-order valence-corrected chi connectivity index (χ2v) is 6.13. The molecule has 3 aromatic rings. The summed E-state index contributed by atoms with van der Waals surface area (Å²) in [6.45, 7) is 0.796. The molecule has 0 aliphatic heterocycles. The second kappa shape index (κ2) is 5.91. The molecule has 0 fully saturated rings. The van der Waals surface area contributed by atoms with Crippen LogP contribution in [0.25, 0.3) is 10.7 Å². The molecule has 1 aromatic carbocycles. The van der Waals surface area contributed by atoms with Gasteiger partial charge in [-0.05, 0) is 47.8 Å². The van der Waals surface area contributed by atoms with Gasteiger partial charge in [-0.2, -0.15) is 5.10 Å². The topological polar surface area (TPSA) is 33.6 Å². The quantitative estimate of drug-likeness (QED) is 0.714. The largest absolute Gasteiger partial charge is 0.299 e. The Morgan fingerprint density at radius 2 is 2.05 bits per heavy atom. The highest BCUT2D eigenvalue weighted by Gasteiger charge is 2.09. The van der Waals surface area contributed by atoms with Gasteiger partial charge >= 0.3 is 0 Å². The van der Waals surface area contributed by atoms with Crippen molar-refractivity contribution in [2.45, 2.75) is 13.0 Å². The second-order valence-electron chi connectivity index (χ2n) is 4.36. The van der Waals surface area contributed by atoms with Gasteiger partial charge in [0.2, 0.25) is 0 Å². The zero-order valence-electron chi connectivity index (χ0n) is 10.5. The number of hydrogen-bond acceptors (Lipinski definition) is 3. The van der Waals surface area contributed by atoms with Crippen LogP contribution >= 0.6 is 35.2 Å². The van der Waals surface area contributed by atoms with Crippen molar-refractivity contribution >= 4 is 35.2 Å². The first-order chi connectivity index (χ1) is 9.74. The summed E-state index contributed by atoms with van der Waals surface area (Å²) in [7, 11) is 0. The van der Waals surface area contributed by atoms with Crippen molar-refractivity contribution in [3.05, 3.63) is 57.1 Å². The number of nitrogens with zero attached hydrogens (tertiary/aromatic N) is 2. The summed E-state index contributed by atoms with van der Waals surface area (Å²) in [5.74, 6) is 0.902. The van der Waals surface area contributed by atoms with Crippen LogP contribution in [0.15, 0.2) is 41.8 Å². The predicted molar refractivity (Wildman–Crippen MR) is 85.9 cm³/mol. The van der Waals surface area contributed by atoms with Gasteiger partial charge in [-0.25, -0.2) is 0 Å². The summed E-state index contributed by atoms with van der Waals surface area (Å²) in [5.41, 5.74) is 1.23. The lowest BCUT2D eigenvalue weighted by Gasteiger charge is -2.06. The van der Waals surface area contributed by atoms with Crippen molar-refractivity contribution in [2.24, 2.45) is 0 Å². The highest BCUT2D eigenvalue weighted by Crippen LogP contribution is 2.23. The summed E-state index contributed by atoms with van der Waals surface area (Å²) in [6.07, 6.45) is 0.892. The first-order valence-corrected chi connectivity index (χ1v) is 7.84. The normalized spacial score (nSPS) is 10.8. The Hall–Kier alpha value is -1.43. The van der Waals surface area contributed by atoms with E-state index in [2.05, 4.69) is 16.3 Å². The van der Waals surface area contributed by atoms with Crippen molar-refractivity contribution < 1.29 is 0 Å². The molecule has 3 nitrogen and oxygen atoms in total. The van der Waals surface area contributed by atoms with Crippen molar-refractivity contribution in [3.63, 3.8) is 0 Å². The molecule has 0 saturated heterocycles. The summed E-state index contributed by atoms with van der Waals surface area (Å²) >= 11 is 12.9. The monoisotopic (exact) mass is 321 g/mol. The number of hydrogen-bond donors (Lipinski definition) is 1. The van der Waals surface area contributed by atoms with E-state index in [1.165, 1.54) is 5.56 Å². The van der Waals surface area contributed by atoms with Gasteiger partial charge < -0.3 is 0 Å². The molecule has 0 aliphatic rings. The average molecular weight is 322 g/mol. The van der Waals surface area contributed by atoms with Crippen molar-refractivity contribution in [1.82, 2.24) is 14.8 Å². The third-order valence-electron chi connectivity index (χ3n) is 3.04. The molecule has 2 aromatic heterocycles. The van der Waals surface area contributed by atoms with Crippen LogP contribution in [0.3, 0.4) is 0 Å². The van der Waals surface area contributed by atoms with E-state index < -0.39 is 0 Å². The number of nitrogens with one attached hydrogen (secondary N) is 1. The van der Waals surface area contributed by atoms with Crippen LogP contribution in [-0.4, -0.2) is 14.8 Å². The minimum atomic E-state index is 0.655. The van der Waals surface area contributed by atoms with Crippen LogP contribution in [0.4, 0.5) is 0 Å². The Labute approximate surface area is 130 Å². The van der Waals surface area contributed by atoms with Crippen molar-refractivity contribution in [1.29, 1.82) is 0 Å². The van der Waals surface area contributed by atoms with Crippen molar-refractivity contribution in [3.8, 4) is 10.7 Å². The predicted octanol–water partition coefficient (Wildman–Crippen LogP) is 4.57. The van der Waals surface area contributed by atoms with Gasteiger partial charge in [-0.15, -0.1) is 11.3 Å². The standard InChI is InChI=1S/C14H12ClN3S2/c15-11-5-3-10(4-6-11)7-8-18-13(16-17-14(18)19)12-2-1-9-20-12/h1-6,9H,7-8H2,(H,17,19). The lowest BCUT2D eigenvalue weighted by atomic mass is 10.1. The van der Waals surface area contributed by atoms with Gasteiger partial charge in [0.25, 0.3) is 0 Å². The maximum atomic E-state index is 5.89. The molecule has 20 heavy (non-hydrogen) atoms. The summed E-state index contributed by atoms with van der Waals surface area (Å²) in [5, 5.41) is 9.99. The van der Waals surface area contributed by atoms with Gasteiger partial charge in [0.1, 0.15) is 0 Å². The highest BCUT2D eigenvalue weighted by atomic mass is 35.5. The Morgan fingerprint density at radius 3 is 2.75 bits per heavy atom. The molecule has 1 N–H and O–H groups in total. The molecule has 0 atom stereocenters. The molecule has 0 unspecified atom stereocenters. The van der Waals surface area contributed by atoms with Gasteiger partial charge in [-0.1, -0.05) is 29.8 Å².